The molecule has 0 bridgehead atoms. The molecule has 1 amide bonds. The zero-order chi connectivity index (χ0) is 22.8. The number of nitrogens with one attached hydrogen (secondary N) is 2. The number of phenols is 1. The molecular formula is C22H26N2O7. The van der Waals surface area contributed by atoms with Gasteiger partial charge in [-0.3, -0.25) is 14.9 Å². The first-order valence-electron chi connectivity index (χ1n) is 9.75. The van der Waals surface area contributed by atoms with Gasteiger partial charge in [0.1, 0.15) is 11.8 Å². The quantitative estimate of drug-likeness (QED) is 0.285. The van der Waals surface area contributed by atoms with Gasteiger partial charge in [-0.2, -0.15) is 0 Å². The number of aromatic hydroxyl groups is 1. The Morgan fingerprint density at radius 1 is 0.839 bits per heavy atom. The van der Waals surface area contributed by atoms with Crippen molar-refractivity contribution >= 4 is 17.8 Å². The number of amides is 1. The lowest BCUT2D eigenvalue weighted by Gasteiger charge is -2.23. The van der Waals surface area contributed by atoms with E-state index in [0.717, 1.165) is 11.1 Å². The van der Waals surface area contributed by atoms with Gasteiger partial charge in [-0.25, -0.2) is 4.79 Å². The SMILES string of the molecule is O=C(O)[C@H](CCc1ccc(O)cc1)N[C@@H](Cc1ccccc1)C(=O)NC[C@H](O)C(=O)O. The topological polar surface area (TPSA) is 156 Å². The fraction of sp³-hybridized carbons (Fsp3) is 0.318. The maximum atomic E-state index is 12.6. The van der Waals surface area contributed by atoms with E-state index in [9.17, 15) is 29.7 Å². The molecule has 2 aromatic rings. The Morgan fingerprint density at radius 2 is 1.48 bits per heavy atom. The summed E-state index contributed by atoms with van der Waals surface area (Å²) in [7, 11) is 0. The van der Waals surface area contributed by atoms with Crippen molar-refractivity contribution in [3.05, 3.63) is 65.7 Å². The largest absolute Gasteiger partial charge is 0.508 e. The van der Waals surface area contributed by atoms with Crippen molar-refractivity contribution in [2.45, 2.75) is 37.5 Å². The van der Waals surface area contributed by atoms with Crippen molar-refractivity contribution in [2.24, 2.45) is 0 Å². The van der Waals surface area contributed by atoms with E-state index >= 15 is 0 Å². The number of carbonyl (C=O) groups excluding carboxylic acids is 1. The highest BCUT2D eigenvalue weighted by Gasteiger charge is 2.27. The van der Waals surface area contributed by atoms with Gasteiger partial charge in [0, 0.05) is 0 Å². The van der Waals surface area contributed by atoms with Crippen molar-refractivity contribution in [3.63, 3.8) is 0 Å². The zero-order valence-electron chi connectivity index (χ0n) is 16.8. The molecule has 9 nitrogen and oxygen atoms in total. The van der Waals surface area contributed by atoms with Gasteiger partial charge in [-0.05, 0) is 42.5 Å². The first-order valence-corrected chi connectivity index (χ1v) is 9.75. The van der Waals surface area contributed by atoms with Gasteiger partial charge in [0.15, 0.2) is 6.10 Å². The predicted octanol–water partition coefficient (Wildman–Crippen LogP) is 0.541. The molecule has 0 unspecified atom stereocenters. The number of aliphatic carboxylic acids is 2. The van der Waals surface area contributed by atoms with E-state index < -0.39 is 42.6 Å². The Kier molecular flexibility index (Phi) is 8.98. The second-order valence-corrected chi connectivity index (χ2v) is 7.10. The Balaban J connectivity index is 2.09. The summed E-state index contributed by atoms with van der Waals surface area (Å²) in [5.74, 6) is -3.10. The van der Waals surface area contributed by atoms with Crippen LogP contribution in [0.1, 0.15) is 17.5 Å². The van der Waals surface area contributed by atoms with Crippen LogP contribution in [0, 0.1) is 0 Å². The average Bonchev–Trinajstić information content (AvgIpc) is 2.75. The van der Waals surface area contributed by atoms with Gasteiger partial charge in [0.2, 0.25) is 5.91 Å². The smallest absolute Gasteiger partial charge is 0.334 e. The standard InChI is InChI=1S/C22H26N2O7/c25-16-9-6-14(7-10-16)8-11-17(21(28)29)24-18(12-15-4-2-1-3-5-15)20(27)23-13-19(26)22(30)31/h1-7,9-10,17-19,24-26H,8,11-13H2,(H,23,27)(H,28,29)(H,30,31)/t17-,18-,19-/m0/s1. The molecule has 166 valence electrons. The second kappa shape index (κ2) is 11.7. The number of rotatable bonds is 12. The van der Waals surface area contributed by atoms with Gasteiger partial charge >= 0.3 is 11.9 Å². The van der Waals surface area contributed by atoms with Crippen molar-refractivity contribution in [1.82, 2.24) is 10.6 Å². The van der Waals surface area contributed by atoms with Crippen LogP contribution in [0.2, 0.25) is 0 Å². The summed E-state index contributed by atoms with van der Waals surface area (Å²) in [6.45, 7) is -0.494. The molecule has 0 heterocycles. The van der Waals surface area contributed by atoms with E-state index in [1.165, 1.54) is 12.1 Å². The summed E-state index contributed by atoms with van der Waals surface area (Å²) in [6.07, 6.45) is -0.984. The lowest BCUT2D eigenvalue weighted by atomic mass is 10.0. The number of hydrogen-bond acceptors (Lipinski definition) is 6. The van der Waals surface area contributed by atoms with Crippen LogP contribution in [0.5, 0.6) is 5.75 Å². The summed E-state index contributed by atoms with van der Waals surface area (Å²) in [6, 6.07) is 13.4. The van der Waals surface area contributed by atoms with Crippen LogP contribution < -0.4 is 10.6 Å². The van der Waals surface area contributed by atoms with Gasteiger partial charge in [0.05, 0.1) is 12.6 Å². The number of aliphatic hydroxyl groups excluding tert-OH is 1. The highest BCUT2D eigenvalue weighted by Crippen LogP contribution is 2.13. The molecule has 2 aromatic carbocycles. The van der Waals surface area contributed by atoms with Crippen molar-refractivity contribution in [2.75, 3.05) is 6.54 Å². The minimum Gasteiger partial charge on any atom is -0.508 e. The minimum atomic E-state index is -1.76. The molecule has 0 spiro atoms. The van der Waals surface area contributed by atoms with E-state index in [1.807, 2.05) is 6.07 Å². The van der Waals surface area contributed by atoms with Gasteiger partial charge in [-0.15, -0.1) is 0 Å². The van der Waals surface area contributed by atoms with Crippen LogP contribution in [-0.2, 0) is 27.2 Å². The molecule has 3 atom stereocenters. The van der Waals surface area contributed by atoms with Crippen LogP contribution in [0.3, 0.4) is 0 Å². The van der Waals surface area contributed by atoms with Gasteiger partial charge in [-0.1, -0.05) is 42.5 Å². The average molecular weight is 430 g/mol. The minimum absolute atomic E-state index is 0.111. The van der Waals surface area contributed by atoms with E-state index in [0.29, 0.717) is 6.42 Å². The van der Waals surface area contributed by atoms with Crippen LogP contribution >= 0.6 is 0 Å². The maximum absolute atomic E-state index is 12.6. The molecule has 0 aliphatic heterocycles. The predicted molar refractivity (Wildman–Crippen MR) is 112 cm³/mol. The summed E-state index contributed by atoms with van der Waals surface area (Å²) < 4.78 is 0. The van der Waals surface area contributed by atoms with Gasteiger partial charge < -0.3 is 25.7 Å². The molecule has 6 N–H and O–H groups in total. The lowest BCUT2D eigenvalue weighted by molar-refractivity contribution is -0.146. The fourth-order valence-corrected chi connectivity index (χ4v) is 2.98. The number of benzene rings is 2. The summed E-state index contributed by atoms with van der Waals surface area (Å²) >= 11 is 0. The Morgan fingerprint density at radius 3 is 2.06 bits per heavy atom. The van der Waals surface area contributed by atoms with E-state index in [2.05, 4.69) is 10.6 Å². The van der Waals surface area contributed by atoms with E-state index in [-0.39, 0.29) is 18.6 Å². The third kappa shape index (κ3) is 8.07. The number of carboxylic acid groups (broad SMARTS) is 2. The van der Waals surface area contributed by atoms with Crippen LogP contribution in [0.4, 0.5) is 0 Å². The summed E-state index contributed by atoms with van der Waals surface area (Å²) in [5, 5.41) is 42.4. The highest BCUT2D eigenvalue weighted by molar-refractivity contribution is 5.84. The third-order valence-electron chi connectivity index (χ3n) is 4.71. The number of aryl methyl sites for hydroxylation is 1. The Hall–Kier alpha value is -3.43. The normalized spacial score (nSPS) is 13.7. The molecule has 9 heteroatoms. The molecule has 0 radical (unpaired) electrons. The molecule has 0 saturated heterocycles. The van der Waals surface area contributed by atoms with Crippen LogP contribution in [-0.4, -0.2) is 63.0 Å². The Bertz CT molecular complexity index is 871. The molecule has 31 heavy (non-hydrogen) atoms. The van der Waals surface area contributed by atoms with Crippen molar-refractivity contribution in [1.29, 1.82) is 0 Å². The van der Waals surface area contributed by atoms with Gasteiger partial charge in [0.25, 0.3) is 0 Å². The molecule has 2 rings (SSSR count). The van der Waals surface area contributed by atoms with Crippen molar-refractivity contribution < 1.29 is 34.8 Å². The molecule has 0 aliphatic rings. The number of phenolic OH excluding ortho intramolecular Hbond substituents is 1. The van der Waals surface area contributed by atoms with Crippen LogP contribution in [0.25, 0.3) is 0 Å². The van der Waals surface area contributed by atoms with Crippen molar-refractivity contribution in [3.8, 4) is 5.75 Å². The third-order valence-corrected chi connectivity index (χ3v) is 4.71. The fourth-order valence-electron chi connectivity index (χ4n) is 2.98. The maximum Gasteiger partial charge on any atom is 0.334 e. The summed E-state index contributed by atoms with van der Waals surface area (Å²) in [5.41, 5.74) is 1.62. The molecule has 0 fully saturated rings. The van der Waals surface area contributed by atoms with E-state index in [1.54, 1.807) is 36.4 Å². The zero-order valence-corrected chi connectivity index (χ0v) is 16.8. The number of carbonyl (C=O) groups is 3. The number of aliphatic hydroxyl groups is 1. The highest BCUT2D eigenvalue weighted by atomic mass is 16.4. The van der Waals surface area contributed by atoms with E-state index in [4.69, 9.17) is 5.11 Å². The molecule has 0 aromatic heterocycles. The first-order chi connectivity index (χ1) is 14.8. The molecule has 0 aliphatic carbocycles. The second-order valence-electron chi connectivity index (χ2n) is 7.10. The Labute approximate surface area is 179 Å². The number of hydrogen-bond donors (Lipinski definition) is 6. The lowest BCUT2D eigenvalue weighted by Crippen LogP contribution is -2.53. The monoisotopic (exact) mass is 430 g/mol. The summed E-state index contributed by atoms with van der Waals surface area (Å²) in [4.78, 5) is 35.2. The first kappa shape index (κ1) is 23.8. The van der Waals surface area contributed by atoms with Crippen LogP contribution in [0.15, 0.2) is 54.6 Å². The molecule has 0 saturated carbocycles. The number of carboxylic acids is 2. The molecular weight excluding hydrogens is 404 g/mol.